The lowest BCUT2D eigenvalue weighted by molar-refractivity contribution is -0.0979. The summed E-state index contributed by atoms with van der Waals surface area (Å²) in [7, 11) is 0. The molecule has 1 aromatic rings. The van der Waals surface area contributed by atoms with Gasteiger partial charge in [0.2, 0.25) is 0 Å². The Morgan fingerprint density at radius 1 is 1.14 bits per heavy atom. The average Bonchev–Trinajstić information content (AvgIpc) is 3.07. The zero-order valence-electron chi connectivity index (χ0n) is 12.9. The molecule has 4 heteroatoms. The van der Waals surface area contributed by atoms with Crippen molar-refractivity contribution in [2.45, 2.75) is 43.8 Å². The number of rotatable bonds is 6. The van der Waals surface area contributed by atoms with E-state index in [0.717, 1.165) is 25.9 Å². The van der Waals surface area contributed by atoms with Crippen LogP contribution in [-0.4, -0.2) is 36.3 Å². The first-order valence-electron chi connectivity index (χ1n) is 8.15. The molecule has 1 fully saturated rings. The Bertz CT molecular complexity index is 485. The van der Waals surface area contributed by atoms with Crippen molar-refractivity contribution in [3.8, 4) is 0 Å². The van der Waals surface area contributed by atoms with Crippen LogP contribution in [0.1, 0.15) is 31.2 Å². The van der Waals surface area contributed by atoms with E-state index in [9.17, 15) is 0 Å². The second kappa shape index (κ2) is 8.00. The summed E-state index contributed by atoms with van der Waals surface area (Å²) in [5, 5.41) is 0.0750. The van der Waals surface area contributed by atoms with E-state index in [0.29, 0.717) is 13.4 Å². The summed E-state index contributed by atoms with van der Waals surface area (Å²) in [4.78, 5) is 2.43. The lowest BCUT2D eigenvalue weighted by atomic mass is 10.0. The van der Waals surface area contributed by atoms with Gasteiger partial charge in [-0.25, -0.2) is 0 Å². The number of ether oxygens (including phenoxy) is 2. The largest absolute Gasteiger partial charge is 0.374 e. The number of allylic oxidation sites excluding steroid dienone is 1. The Hall–Kier alpha value is -1.03. The van der Waals surface area contributed by atoms with Gasteiger partial charge in [-0.15, -0.1) is 11.6 Å². The standard InChI is InChI=1S/C18H24ClNO2/c19-17-12-16(8-9-18(17)20-10-4-5-11-20)22-14-21-13-15-6-2-1-3-7-15/h1-3,6-7,9,16-17H,4-5,8,10-14H2. The summed E-state index contributed by atoms with van der Waals surface area (Å²) >= 11 is 6.54. The fourth-order valence-corrected chi connectivity index (χ4v) is 3.57. The van der Waals surface area contributed by atoms with Crippen LogP contribution in [-0.2, 0) is 16.1 Å². The molecule has 3 rings (SSSR count). The first-order valence-corrected chi connectivity index (χ1v) is 8.59. The highest BCUT2D eigenvalue weighted by atomic mass is 35.5. The van der Waals surface area contributed by atoms with Gasteiger partial charge in [-0.3, -0.25) is 0 Å². The molecule has 1 aromatic carbocycles. The fraction of sp³-hybridized carbons (Fsp3) is 0.556. The zero-order chi connectivity index (χ0) is 15.2. The summed E-state index contributed by atoms with van der Waals surface area (Å²) in [6, 6.07) is 10.2. The van der Waals surface area contributed by atoms with E-state index in [-0.39, 0.29) is 11.5 Å². The lowest BCUT2D eigenvalue weighted by Crippen LogP contribution is -2.32. The molecule has 0 radical (unpaired) electrons. The van der Waals surface area contributed by atoms with Crippen molar-refractivity contribution in [1.82, 2.24) is 4.90 Å². The minimum atomic E-state index is 0.0750. The predicted molar refractivity (Wildman–Crippen MR) is 88.7 cm³/mol. The summed E-state index contributed by atoms with van der Waals surface area (Å²) in [5.41, 5.74) is 2.48. The molecule has 0 bridgehead atoms. The number of halogens is 1. The van der Waals surface area contributed by atoms with E-state index in [2.05, 4.69) is 23.1 Å². The van der Waals surface area contributed by atoms with Gasteiger partial charge in [-0.1, -0.05) is 36.4 Å². The quantitative estimate of drug-likeness (QED) is 0.450. The van der Waals surface area contributed by atoms with Gasteiger partial charge in [0, 0.05) is 18.8 Å². The van der Waals surface area contributed by atoms with Crippen molar-refractivity contribution in [3.63, 3.8) is 0 Å². The molecule has 3 nitrogen and oxygen atoms in total. The minimum Gasteiger partial charge on any atom is -0.374 e. The van der Waals surface area contributed by atoms with Gasteiger partial charge in [-0.2, -0.15) is 0 Å². The third kappa shape index (κ3) is 4.25. The molecule has 0 saturated carbocycles. The topological polar surface area (TPSA) is 21.7 Å². The second-order valence-corrected chi connectivity index (χ2v) is 6.53. The van der Waals surface area contributed by atoms with E-state index >= 15 is 0 Å². The Kier molecular flexibility index (Phi) is 5.76. The first kappa shape index (κ1) is 15.9. The highest BCUT2D eigenvalue weighted by Crippen LogP contribution is 2.30. The van der Waals surface area contributed by atoms with Crippen LogP contribution in [0.4, 0.5) is 0 Å². The molecule has 22 heavy (non-hydrogen) atoms. The van der Waals surface area contributed by atoms with Gasteiger partial charge in [0.05, 0.1) is 18.1 Å². The molecule has 2 aliphatic rings. The Balaban J connectivity index is 1.39. The molecule has 0 spiro atoms. The maximum atomic E-state index is 6.54. The van der Waals surface area contributed by atoms with Crippen molar-refractivity contribution in [2.75, 3.05) is 19.9 Å². The molecule has 0 aromatic heterocycles. The molecule has 1 heterocycles. The SMILES string of the molecule is ClC1CC(OCOCc2ccccc2)CC=C1N1CCCC1. The van der Waals surface area contributed by atoms with E-state index in [4.69, 9.17) is 21.1 Å². The molecule has 1 saturated heterocycles. The number of likely N-dealkylation sites (tertiary alicyclic amines) is 1. The Labute approximate surface area is 137 Å². The van der Waals surface area contributed by atoms with E-state index in [1.807, 2.05) is 18.2 Å². The van der Waals surface area contributed by atoms with Crippen LogP contribution in [0.15, 0.2) is 42.1 Å². The maximum absolute atomic E-state index is 6.54. The van der Waals surface area contributed by atoms with Crippen molar-refractivity contribution in [1.29, 1.82) is 0 Å². The van der Waals surface area contributed by atoms with Crippen LogP contribution in [0.2, 0.25) is 0 Å². The molecule has 2 unspecified atom stereocenters. The number of alkyl halides is 1. The molecule has 0 amide bonds. The highest BCUT2D eigenvalue weighted by molar-refractivity contribution is 6.22. The number of hydrogen-bond acceptors (Lipinski definition) is 3. The number of benzene rings is 1. The molecular weight excluding hydrogens is 298 g/mol. The van der Waals surface area contributed by atoms with Crippen molar-refractivity contribution >= 4 is 11.6 Å². The van der Waals surface area contributed by atoms with Gasteiger partial charge in [0.15, 0.2) is 0 Å². The summed E-state index contributed by atoms with van der Waals surface area (Å²) in [6.07, 6.45) is 6.81. The number of hydrogen-bond donors (Lipinski definition) is 0. The predicted octanol–water partition coefficient (Wildman–Crippen LogP) is 3.93. The first-order chi connectivity index (χ1) is 10.8. The number of nitrogens with zero attached hydrogens (tertiary/aromatic N) is 1. The monoisotopic (exact) mass is 321 g/mol. The molecule has 2 atom stereocenters. The van der Waals surface area contributed by atoms with Gasteiger partial charge < -0.3 is 14.4 Å². The van der Waals surface area contributed by atoms with Crippen molar-refractivity contribution in [2.24, 2.45) is 0 Å². The van der Waals surface area contributed by atoms with Crippen LogP contribution < -0.4 is 0 Å². The molecule has 0 N–H and O–H groups in total. The highest BCUT2D eigenvalue weighted by Gasteiger charge is 2.27. The summed E-state index contributed by atoms with van der Waals surface area (Å²) in [6.45, 7) is 3.23. The van der Waals surface area contributed by atoms with Gasteiger partial charge in [0.25, 0.3) is 0 Å². The van der Waals surface area contributed by atoms with Crippen LogP contribution in [0.3, 0.4) is 0 Å². The summed E-state index contributed by atoms with van der Waals surface area (Å²) in [5.74, 6) is 0. The third-order valence-corrected chi connectivity index (χ3v) is 4.75. The van der Waals surface area contributed by atoms with Crippen molar-refractivity contribution in [3.05, 3.63) is 47.7 Å². The van der Waals surface area contributed by atoms with Crippen LogP contribution in [0.5, 0.6) is 0 Å². The lowest BCUT2D eigenvalue weighted by Gasteiger charge is -2.32. The molecule has 1 aliphatic carbocycles. The fourth-order valence-electron chi connectivity index (χ4n) is 3.14. The maximum Gasteiger partial charge on any atom is 0.147 e. The smallest absolute Gasteiger partial charge is 0.147 e. The van der Waals surface area contributed by atoms with Gasteiger partial charge in [-0.05, 0) is 31.2 Å². The second-order valence-electron chi connectivity index (χ2n) is 6.00. The van der Waals surface area contributed by atoms with E-state index in [1.165, 1.54) is 24.1 Å². The molecule has 120 valence electrons. The van der Waals surface area contributed by atoms with E-state index < -0.39 is 0 Å². The van der Waals surface area contributed by atoms with E-state index in [1.54, 1.807) is 0 Å². The summed E-state index contributed by atoms with van der Waals surface area (Å²) < 4.78 is 11.4. The third-order valence-electron chi connectivity index (χ3n) is 4.35. The Morgan fingerprint density at radius 2 is 1.91 bits per heavy atom. The average molecular weight is 322 g/mol. The minimum absolute atomic E-state index is 0.0750. The van der Waals surface area contributed by atoms with Crippen LogP contribution in [0, 0.1) is 0 Å². The van der Waals surface area contributed by atoms with Gasteiger partial charge in [0.1, 0.15) is 6.79 Å². The van der Waals surface area contributed by atoms with Crippen molar-refractivity contribution < 1.29 is 9.47 Å². The molecular formula is C18H24ClNO2. The molecule has 1 aliphatic heterocycles. The normalized spacial score (nSPS) is 25.3. The van der Waals surface area contributed by atoms with Crippen LogP contribution in [0.25, 0.3) is 0 Å². The van der Waals surface area contributed by atoms with Gasteiger partial charge >= 0.3 is 0 Å². The zero-order valence-corrected chi connectivity index (χ0v) is 13.7. The Morgan fingerprint density at radius 3 is 2.64 bits per heavy atom. The van der Waals surface area contributed by atoms with Crippen LogP contribution >= 0.6 is 11.6 Å².